The molecule has 1 unspecified atom stereocenters. The third-order valence-corrected chi connectivity index (χ3v) is 5.59. The zero-order valence-electron chi connectivity index (χ0n) is 17.4. The summed E-state index contributed by atoms with van der Waals surface area (Å²) in [5, 5.41) is 0. The van der Waals surface area contributed by atoms with E-state index in [-0.39, 0.29) is 11.9 Å². The number of anilines is 1. The van der Waals surface area contributed by atoms with Crippen LogP contribution in [-0.2, 0) is 4.79 Å². The number of ether oxygens (including phenoxy) is 1. The number of carbonyl (C=O) groups is 1. The number of hydrogen-bond acceptors (Lipinski definition) is 3. The van der Waals surface area contributed by atoms with Crippen LogP contribution < -0.4 is 9.64 Å². The Bertz CT molecular complexity index is 1350. The van der Waals surface area contributed by atoms with E-state index in [4.69, 9.17) is 4.74 Å². The molecular formula is C27H21N3O2. The second-order valence-corrected chi connectivity index (χ2v) is 7.44. The SMILES string of the molecule is C=CC1=C(C=C)C(c2ccc(Oc3ccccc3)cc2)N(c2ccc3nc[nH]c3c2)C1=O. The van der Waals surface area contributed by atoms with Gasteiger partial charge in [0.05, 0.1) is 23.4 Å². The van der Waals surface area contributed by atoms with Crippen LogP contribution in [0.15, 0.2) is 116 Å². The number of H-pyrrole nitrogens is 1. The molecule has 156 valence electrons. The Morgan fingerprint density at radius 2 is 1.69 bits per heavy atom. The van der Waals surface area contributed by atoms with Crippen LogP contribution in [0, 0.1) is 0 Å². The molecule has 0 spiro atoms. The number of aromatic nitrogens is 2. The van der Waals surface area contributed by atoms with Crippen LogP contribution in [0.1, 0.15) is 11.6 Å². The van der Waals surface area contributed by atoms with Gasteiger partial charge in [0.2, 0.25) is 0 Å². The van der Waals surface area contributed by atoms with Crippen molar-refractivity contribution in [3.63, 3.8) is 0 Å². The van der Waals surface area contributed by atoms with Gasteiger partial charge < -0.3 is 9.72 Å². The Morgan fingerprint density at radius 1 is 0.938 bits per heavy atom. The Balaban J connectivity index is 1.55. The summed E-state index contributed by atoms with van der Waals surface area (Å²) in [6, 6.07) is 22.8. The minimum absolute atomic E-state index is 0.108. The van der Waals surface area contributed by atoms with Crippen LogP contribution >= 0.6 is 0 Å². The van der Waals surface area contributed by atoms with Crippen molar-refractivity contribution in [2.45, 2.75) is 6.04 Å². The van der Waals surface area contributed by atoms with Gasteiger partial charge in [0, 0.05) is 11.3 Å². The smallest absolute Gasteiger partial charge is 0.259 e. The van der Waals surface area contributed by atoms with Gasteiger partial charge in [-0.15, -0.1) is 0 Å². The highest BCUT2D eigenvalue weighted by Gasteiger charge is 2.38. The van der Waals surface area contributed by atoms with Crippen molar-refractivity contribution in [2.24, 2.45) is 0 Å². The highest BCUT2D eigenvalue weighted by molar-refractivity contribution is 6.13. The van der Waals surface area contributed by atoms with Crippen LogP contribution in [0.5, 0.6) is 11.5 Å². The lowest BCUT2D eigenvalue weighted by atomic mass is 9.97. The topological polar surface area (TPSA) is 58.2 Å². The Labute approximate surface area is 186 Å². The van der Waals surface area contributed by atoms with Gasteiger partial charge in [0.1, 0.15) is 11.5 Å². The van der Waals surface area contributed by atoms with Gasteiger partial charge in [0.25, 0.3) is 5.91 Å². The predicted octanol–water partition coefficient (Wildman–Crippen LogP) is 6.11. The minimum Gasteiger partial charge on any atom is -0.457 e. The van der Waals surface area contributed by atoms with Crippen LogP contribution in [0.3, 0.4) is 0 Å². The van der Waals surface area contributed by atoms with Crippen molar-refractivity contribution in [1.29, 1.82) is 0 Å². The van der Waals surface area contributed by atoms with Crippen LogP contribution in [0.4, 0.5) is 5.69 Å². The molecule has 0 saturated heterocycles. The third kappa shape index (κ3) is 3.30. The normalized spacial score (nSPS) is 15.9. The number of fused-ring (bicyclic) bond motifs is 1. The Morgan fingerprint density at radius 3 is 2.41 bits per heavy atom. The van der Waals surface area contributed by atoms with Gasteiger partial charge in [0.15, 0.2) is 0 Å². The van der Waals surface area contributed by atoms with Crippen molar-refractivity contribution < 1.29 is 9.53 Å². The van der Waals surface area contributed by atoms with E-state index in [1.54, 1.807) is 23.4 Å². The number of hydrogen-bond donors (Lipinski definition) is 1. The second-order valence-electron chi connectivity index (χ2n) is 7.44. The van der Waals surface area contributed by atoms with Crippen molar-refractivity contribution in [2.75, 3.05) is 4.90 Å². The molecule has 1 aliphatic heterocycles. The highest BCUT2D eigenvalue weighted by atomic mass is 16.5. The number of nitrogens with zero attached hydrogens (tertiary/aromatic N) is 2. The number of carbonyl (C=O) groups excluding carboxylic acids is 1. The van der Waals surface area contributed by atoms with Crippen molar-refractivity contribution in [3.05, 3.63) is 121 Å². The zero-order chi connectivity index (χ0) is 22.1. The maximum absolute atomic E-state index is 13.4. The monoisotopic (exact) mass is 419 g/mol. The quantitative estimate of drug-likeness (QED) is 0.410. The molecule has 3 aromatic carbocycles. The van der Waals surface area contributed by atoms with E-state index in [9.17, 15) is 4.79 Å². The number of benzene rings is 3. The molecular weight excluding hydrogens is 398 g/mol. The van der Waals surface area contributed by atoms with E-state index in [1.807, 2.05) is 72.8 Å². The molecule has 5 nitrogen and oxygen atoms in total. The standard InChI is InChI=1S/C27H21N3O2/c1-3-22-23(4-2)27(31)30(19-12-15-24-25(16-19)29-17-28-24)26(22)18-10-13-21(14-11-18)32-20-8-6-5-7-9-20/h3-17,26H,1-2H2,(H,28,29). The van der Waals surface area contributed by atoms with Gasteiger partial charge in [-0.2, -0.15) is 0 Å². The van der Waals surface area contributed by atoms with Crippen molar-refractivity contribution in [1.82, 2.24) is 9.97 Å². The fourth-order valence-electron chi connectivity index (χ4n) is 4.09. The molecule has 5 heteroatoms. The van der Waals surface area contributed by atoms with Crippen molar-refractivity contribution >= 4 is 22.6 Å². The summed E-state index contributed by atoms with van der Waals surface area (Å²) < 4.78 is 5.92. The van der Waals surface area contributed by atoms with Crippen LogP contribution in [0.2, 0.25) is 0 Å². The molecule has 1 N–H and O–H groups in total. The number of rotatable bonds is 6. The van der Waals surface area contributed by atoms with E-state index < -0.39 is 0 Å². The van der Waals surface area contributed by atoms with Gasteiger partial charge >= 0.3 is 0 Å². The number of amides is 1. The number of nitrogens with one attached hydrogen (secondary N) is 1. The first kappa shape index (κ1) is 19.6. The third-order valence-electron chi connectivity index (χ3n) is 5.59. The largest absolute Gasteiger partial charge is 0.457 e. The molecule has 0 fully saturated rings. The summed E-state index contributed by atoms with van der Waals surface area (Å²) in [4.78, 5) is 22.5. The fraction of sp³-hybridized carbons (Fsp3) is 0.0370. The van der Waals surface area contributed by atoms with Gasteiger partial charge in [-0.05, 0) is 53.6 Å². The molecule has 32 heavy (non-hydrogen) atoms. The van der Waals surface area contributed by atoms with E-state index >= 15 is 0 Å². The first-order valence-electron chi connectivity index (χ1n) is 10.3. The molecule has 1 atom stereocenters. The average molecular weight is 419 g/mol. The van der Waals surface area contributed by atoms with Gasteiger partial charge in [-0.1, -0.05) is 55.6 Å². The maximum atomic E-state index is 13.4. The molecule has 0 bridgehead atoms. The molecule has 0 aliphatic carbocycles. The molecule has 1 aromatic heterocycles. The van der Waals surface area contributed by atoms with E-state index in [2.05, 4.69) is 23.1 Å². The zero-order valence-corrected chi connectivity index (χ0v) is 17.4. The number of para-hydroxylation sites is 1. The Kier molecular flexibility index (Phi) is 4.92. The summed E-state index contributed by atoms with van der Waals surface area (Å²) in [7, 11) is 0. The summed E-state index contributed by atoms with van der Waals surface area (Å²) in [6.07, 6.45) is 4.99. The molecule has 1 amide bonds. The molecule has 1 aliphatic rings. The predicted molar refractivity (Wildman–Crippen MR) is 127 cm³/mol. The maximum Gasteiger partial charge on any atom is 0.259 e. The molecule has 5 rings (SSSR count). The molecule has 0 saturated carbocycles. The van der Waals surface area contributed by atoms with E-state index in [0.29, 0.717) is 5.57 Å². The van der Waals surface area contributed by atoms with Crippen LogP contribution in [0.25, 0.3) is 11.0 Å². The molecule has 2 heterocycles. The minimum atomic E-state index is -0.320. The number of imidazole rings is 1. The first-order valence-corrected chi connectivity index (χ1v) is 10.3. The van der Waals surface area contributed by atoms with Gasteiger partial charge in [-0.3, -0.25) is 9.69 Å². The van der Waals surface area contributed by atoms with Crippen LogP contribution in [-0.4, -0.2) is 15.9 Å². The fourth-order valence-corrected chi connectivity index (χ4v) is 4.09. The molecule has 4 aromatic rings. The van der Waals surface area contributed by atoms with Crippen molar-refractivity contribution in [3.8, 4) is 11.5 Å². The first-order chi connectivity index (χ1) is 15.7. The lowest BCUT2D eigenvalue weighted by Gasteiger charge is -2.27. The molecule has 0 radical (unpaired) electrons. The lowest BCUT2D eigenvalue weighted by Crippen LogP contribution is -2.30. The lowest BCUT2D eigenvalue weighted by molar-refractivity contribution is -0.114. The number of aromatic amines is 1. The highest BCUT2D eigenvalue weighted by Crippen LogP contribution is 2.42. The Hall–Kier alpha value is -4.38. The summed E-state index contributed by atoms with van der Waals surface area (Å²) >= 11 is 0. The average Bonchev–Trinajstić information content (AvgIpc) is 3.41. The summed E-state index contributed by atoms with van der Waals surface area (Å²) in [6.45, 7) is 7.83. The van der Waals surface area contributed by atoms with Gasteiger partial charge in [-0.25, -0.2) is 4.98 Å². The van der Waals surface area contributed by atoms with E-state index in [1.165, 1.54) is 0 Å². The second kappa shape index (κ2) is 8.04. The van der Waals surface area contributed by atoms with E-state index in [0.717, 1.165) is 39.4 Å². The summed E-state index contributed by atoms with van der Waals surface area (Å²) in [5.74, 6) is 1.39. The summed E-state index contributed by atoms with van der Waals surface area (Å²) in [5.41, 5.74) is 4.83.